The predicted molar refractivity (Wildman–Crippen MR) is 70.8 cm³/mol. The maximum Gasteiger partial charge on any atom is 0.157 e. The Morgan fingerprint density at radius 2 is 2.05 bits per heavy atom. The van der Waals surface area contributed by atoms with E-state index in [1.54, 1.807) is 4.68 Å². The summed E-state index contributed by atoms with van der Waals surface area (Å²) in [6, 6.07) is 9.86. The Labute approximate surface area is 112 Å². The molecule has 1 saturated carbocycles. The molecule has 3 rings (SSSR count). The lowest BCUT2D eigenvalue weighted by Gasteiger charge is -2.26. The van der Waals surface area contributed by atoms with E-state index < -0.39 is 0 Å². The summed E-state index contributed by atoms with van der Waals surface area (Å²) in [5.74, 6) is 1.41. The van der Waals surface area contributed by atoms with Gasteiger partial charge in [0.05, 0.1) is 5.69 Å². The number of nitrogens with zero attached hydrogens (tertiary/aromatic N) is 4. The minimum absolute atomic E-state index is 0.110. The van der Waals surface area contributed by atoms with Gasteiger partial charge in [0.15, 0.2) is 5.82 Å². The van der Waals surface area contributed by atoms with Crippen molar-refractivity contribution < 1.29 is 5.11 Å². The summed E-state index contributed by atoms with van der Waals surface area (Å²) in [5, 5.41) is 21.6. The molecule has 0 aliphatic heterocycles. The zero-order valence-corrected chi connectivity index (χ0v) is 11.0. The van der Waals surface area contributed by atoms with Crippen LogP contribution < -0.4 is 0 Å². The van der Waals surface area contributed by atoms with Crippen molar-refractivity contribution in [2.24, 2.45) is 11.3 Å². The Morgan fingerprint density at radius 3 is 2.68 bits per heavy atom. The van der Waals surface area contributed by atoms with Gasteiger partial charge in [-0.15, -0.1) is 5.10 Å². The van der Waals surface area contributed by atoms with Gasteiger partial charge in [-0.3, -0.25) is 0 Å². The average molecular weight is 258 g/mol. The highest BCUT2D eigenvalue weighted by Gasteiger charge is 2.42. The lowest BCUT2D eigenvalue weighted by Crippen LogP contribution is -2.28. The fraction of sp³-hybridized carbons (Fsp3) is 0.500. The summed E-state index contributed by atoms with van der Waals surface area (Å²) in [4.78, 5) is 0. The molecule has 0 saturated heterocycles. The first kappa shape index (κ1) is 12.3. The average Bonchev–Trinajstić information content (AvgIpc) is 3.21. The second-order valence-corrected chi connectivity index (χ2v) is 5.61. The van der Waals surface area contributed by atoms with Crippen molar-refractivity contribution in [3.05, 3.63) is 36.2 Å². The first-order valence-corrected chi connectivity index (χ1v) is 6.66. The highest BCUT2D eigenvalue weighted by atomic mass is 16.3. The summed E-state index contributed by atoms with van der Waals surface area (Å²) in [7, 11) is 0. The molecule has 1 aromatic heterocycles. The number of rotatable bonds is 5. The number of aliphatic hydroxyl groups excluding tert-OH is 1. The van der Waals surface area contributed by atoms with E-state index in [2.05, 4.69) is 22.4 Å². The zero-order valence-electron chi connectivity index (χ0n) is 11.0. The molecule has 1 fully saturated rings. The van der Waals surface area contributed by atoms with Gasteiger partial charge in [0.25, 0.3) is 0 Å². The van der Waals surface area contributed by atoms with Crippen LogP contribution in [0.5, 0.6) is 0 Å². The van der Waals surface area contributed by atoms with Crippen molar-refractivity contribution in [3.63, 3.8) is 0 Å². The minimum Gasteiger partial charge on any atom is -0.396 e. The van der Waals surface area contributed by atoms with E-state index in [4.69, 9.17) is 0 Å². The lowest BCUT2D eigenvalue weighted by atomic mass is 9.82. The second kappa shape index (κ2) is 4.74. The van der Waals surface area contributed by atoms with E-state index in [0.29, 0.717) is 12.3 Å². The molecule has 0 bridgehead atoms. The quantitative estimate of drug-likeness (QED) is 0.885. The third-order valence-corrected chi connectivity index (χ3v) is 4.02. The molecule has 1 aliphatic carbocycles. The van der Waals surface area contributed by atoms with E-state index >= 15 is 0 Å². The third-order valence-electron chi connectivity index (χ3n) is 4.02. The monoisotopic (exact) mass is 258 g/mol. The lowest BCUT2D eigenvalue weighted by molar-refractivity contribution is 0.117. The van der Waals surface area contributed by atoms with Gasteiger partial charge in [0.2, 0.25) is 0 Å². The van der Waals surface area contributed by atoms with Crippen molar-refractivity contribution in [3.8, 4) is 5.69 Å². The smallest absolute Gasteiger partial charge is 0.157 e. The molecular formula is C14H18N4O. The fourth-order valence-corrected chi connectivity index (χ4v) is 2.56. The van der Waals surface area contributed by atoms with Crippen molar-refractivity contribution in [2.45, 2.75) is 26.2 Å². The summed E-state index contributed by atoms with van der Waals surface area (Å²) < 4.78 is 1.76. The zero-order chi connectivity index (χ0) is 13.3. The molecule has 0 spiro atoms. The van der Waals surface area contributed by atoms with Gasteiger partial charge in [0, 0.05) is 18.4 Å². The van der Waals surface area contributed by atoms with Crippen LogP contribution in [0.4, 0.5) is 0 Å². The summed E-state index contributed by atoms with van der Waals surface area (Å²) in [6.45, 7) is 2.30. The van der Waals surface area contributed by atoms with Crippen LogP contribution in [0, 0.1) is 11.3 Å². The van der Waals surface area contributed by atoms with Gasteiger partial charge in [-0.1, -0.05) is 25.1 Å². The van der Waals surface area contributed by atoms with E-state index in [-0.39, 0.29) is 12.0 Å². The molecular weight excluding hydrogens is 240 g/mol. The van der Waals surface area contributed by atoms with Gasteiger partial charge < -0.3 is 5.11 Å². The normalized spacial score (nSPS) is 18.2. The Morgan fingerprint density at radius 1 is 1.32 bits per heavy atom. The van der Waals surface area contributed by atoms with Crippen LogP contribution in [-0.4, -0.2) is 31.9 Å². The van der Waals surface area contributed by atoms with Gasteiger partial charge >= 0.3 is 0 Å². The molecule has 5 heteroatoms. The molecule has 5 nitrogen and oxygen atoms in total. The van der Waals surface area contributed by atoms with Gasteiger partial charge in [-0.2, -0.15) is 4.68 Å². The van der Waals surface area contributed by atoms with Gasteiger partial charge in [-0.05, 0) is 41.3 Å². The molecule has 0 radical (unpaired) electrons. The molecule has 2 aromatic rings. The highest BCUT2D eigenvalue weighted by molar-refractivity contribution is 5.30. The standard InChI is InChI=1S/C14H18N4O/c1-14(10-19,11-7-8-11)9-13-15-16-17-18(13)12-5-3-2-4-6-12/h2-6,11,19H,7-10H2,1H3. The maximum absolute atomic E-state index is 9.68. The van der Waals surface area contributed by atoms with E-state index in [1.165, 1.54) is 12.8 Å². The number of benzene rings is 1. The molecule has 1 unspecified atom stereocenters. The molecule has 19 heavy (non-hydrogen) atoms. The number of hydrogen-bond donors (Lipinski definition) is 1. The molecule has 0 amide bonds. The number of tetrazole rings is 1. The molecule has 100 valence electrons. The number of aromatic nitrogens is 4. The summed E-state index contributed by atoms with van der Waals surface area (Å²) in [6.07, 6.45) is 3.10. The Bertz CT molecular complexity index is 550. The largest absolute Gasteiger partial charge is 0.396 e. The van der Waals surface area contributed by atoms with Crippen LogP contribution in [0.2, 0.25) is 0 Å². The molecule has 1 aromatic carbocycles. The van der Waals surface area contributed by atoms with Crippen LogP contribution in [0.25, 0.3) is 5.69 Å². The number of aliphatic hydroxyl groups is 1. The molecule has 1 heterocycles. The van der Waals surface area contributed by atoms with E-state index in [9.17, 15) is 5.11 Å². The highest BCUT2D eigenvalue weighted by Crippen LogP contribution is 2.46. The molecule has 1 N–H and O–H groups in total. The van der Waals surface area contributed by atoms with Crippen LogP contribution in [0.15, 0.2) is 30.3 Å². The summed E-state index contributed by atoms with van der Waals surface area (Å²) in [5.41, 5.74) is 0.847. The van der Waals surface area contributed by atoms with Crippen molar-refractivity contribution in [1.82, 2.24) is 20.2 Å². The van der Waals surface area contributed by atoms with E-state index in [1.807, 2.05) is 30.3 Å². The number of hydrogen-bond acceptors (Lipinski definition) is 4. The van der Waals surface area contributed by atoms with Crippen molar-refractivity contribution in [2.75, 3.05) is 6.61 Å². The first-order chi connectivity index (χ1) is 9.23. The second-order valence-electron chi connectivity index (χ2n) is 5.61. The summed E-state index contributed by atoms with van der Waals surface area (Å²) >= 11 is 0. The van der Waals surface area contributed by atoms with Gasteiger partial charge in [0.1, 0.15) is 0 Å². The topological polar surface area (TPSA) is 63.8 Å². The van der Waals surface area contributed by atoms with E-state index in [0.717, 1.165) is 11.5 Å². The third kappa shape index (κ3) is 2.38. The first-order valence-electron chi connectivity index (χ1n) is 6.66. The van der Waals surface area contributed by atoms with Crippen LogP contribution in [0.3, 0.4) is 0 Å². The van der Waals surface area contributed by atoms with Crippen LogP contribution >= 0.6 is 0 Å². The van der Waals surface area contributed by atoms with Crippen LogP contribution in [0.1, 0.15) is 25.6 Å². The Kier molecular flexibility index (Phi) is 3.06. The Balaban J connectivity index is 1.88. The fourth-order valence-electron chi connectivity index (χ4n) is 2.56. The minimum atomic E-state index is -0.110. The Hall–Kier alpha value is -1.75. The molecule has 1 aliphatic rings. The maximum atomic E-state index is 9.68. The predicted octanol–water partition coefficient (Wildman–Crippen LogP) is 1.61. The number of para-hydroxylation sites is 1. The van der Waals surface area contributed by atoms with Crippen molar-refractivity contribution in [1.29, 1.82) is 0 Å². The van der Waals surface area contributed by atoms with Gasteiger partial charge in [-0.25, -0.2) is 0 Å². The molecule has 1 atom stereocenters. The SMILES string of the molecule is CC(CO)(Cc1nnnn1-c1ccccc1)C1CC1. The van der Waals surface area contributed by atoms with Crippen molar-refractivity contribution >= 4 is 0 Å². The van der Waals surface area contributed by atoms with Crippen LogP contribution in [-0.2, 0) is 6.42 Å².